The molecule has 3 rings (SSSR count). The first-order valence-corrected chi connectivity index (χ1v) is 6.74. The maximum atomic E-state index is 10.1. The summed E-state index contributed by atoms with van der Waals surface area (Å²) in [6, 6.07) is 0. The lowest BCUT2D eigenvalue weighted by Gasteiger charge is -2.36. The molecule has 1 aliphatic carbocycles. The summed E-state index contributed by atoms with van der Waals surface area (Å²) < 4.78 is 1.93. The third-order valence-corrected chi connectivity index (χ3v) is 3.60. The van der Waals surface area contributed by atoms with Crippen molar-refractivity contribution in [3.05, 3.63) is 18.6 Å². The molecular weight excluding hydrogens is 242 g/mol. The van der Waals surface area contributed by atoms with Crippen molar-refractivity contribution >= 4 is 17.3 Å². The van der Waals surface area contributed by atoms with E-state index in [0.717, 1.165) is 37.3 Å². The van der Waals surface area contributed by atoms with Crippen LogP contribution in [0.5, 0.6) is 0 Å². The molecule has 0 atom stereocenters. The van der Waals surface area contributed by atoms with E-state index < -0.39 is 5.60 Å². The minimum atomic E-state index is -0.570. The van der Waals surface area contributed by atoms with E-state index in [-0.39, 0.29) is 0 Å². The van der Waals surface area contributed by atoms with Crippen LogP contribution in [0.1, 0.15) is 26.2 Å². The lowest BCUT2D eigenvalue weighted by molar-refractivity contribution is -0.0202. The number of nitrogens with zero attached hydrogens (tertiary/aromatic N) is 3. The molecule has 2 heterocycles. The summed E-state index contributed by atoms with van der Waals surface area (Å²) in [5, 5.41) is 16.6. The predicted molar refractivity (Wildman–Crippen MR) is 74.4 cm³/mol. The number of aliphatic hydroxyl groups is 1. The smallest absolute Gasteiger partial charge is 0.180 e. The second-order valence-corrected chi connectivity index (χ2v) is 5.09. The largest absolute Gasteiger partial charge is 0.388 e. The Labute approximate surface area is 111 Å². The third kappa shape index (κ3) is 2.35. The molecule has 3 N–H and O–H groups in total. The average molecular weight is 261 g/mol. The first-order chi connectivity index (χ1) is 9.20. The molecule has 1 aliphatic rings. The van der Waals surface area contributed by atoms with Gasteiger partial charge < -0.3 is 20.1 Å². The standard InChI is InChI=1S/C13H19N5O/c1-2-14-10-8-18-7-6-15-12(18)11(17-10)16-9-13(19)4-3-5-13/h6-8,14,19H,2-5,9H2,1H3,(H,16,17). The van der Waals surface area contributed by atoms with Crippen LogP contribution < -0.4 is 10.6 Å². The van der Waals surface area contributed by atoms with E-state index in [1.807, 2.05) is 23.7 Å². The van der Waals surface area contributed by atoms with Gasteiger partial charge in [-0.05, 0) is 26.2 Å². The highest BCUT2D eigenvalue weighted by Crippen LogP contribution is 2.31. The second kappa shape index (κ2) is 4.70. The summed E-state index contributed by atoms with van der Waals surface area (Å²) in [6.07, 6.45) is 8.36. The van der Waals surface area contributed by atoms with Gasteiger partial charge in [-0.15, -0.1) is 0 Å². The zero-order valence-electron chi connectivity index (χ0n) is 11.1. The van der Waals surface area contributed by atoms with Gasteiger partial charge in [0.2, 0.25) is 0 Å². The molecule has 2 aromatic heterocycles. The van der Waals surface area contributed by atoms with Gasteiger partial charge in [-0.1, -0.05) is 0 Å². The molecular formula is C13H19N5O. The fourth-order valence-corrected chi connectivity index (χ4v) is 2.33. The SMILES string of the molecule is CCNc1cn2ccnc2c(NCC2(O)CCC2)n1. The maximum absolute atomic E-state index is 10.1. The van der Waals surface area contributed by atoms with Crippen molar-refractivity contribution in [3.8, 4) is 0 Å². The minimum absolute atomic E-state index is 0.526. The first-order valence-electron chi connectivity index (χ1n) is 6.74. The van der Waals surface area contributed by atoms with Crippen LogP contribution >= 0.6 is 0 Å². The van der Waals surface area contributed by atoms with E-state index in [9.17, 15) is 5.11 Å². The molecule has 2 aromatic rings. The Morgan fingerprint density at radius 3 is 2.95 bits per heavy atom. The number of anilines is 2. The summed E-state index contributed by atoms with van der Waals surface area (Å²) in [6.45, 7) is 3.37. The average Bonchev–Trinajstić information content (AvgIpc) is 2.82. The molecule has 0 aromatic carbocycles. The fourth-order valence-electron chi connectivity index (χ4n) is 2.33. The van der Waals surface area contributed by atoms with E-state index in [2.05, 4.69) is 20.6 Å². The first kappa shape index (κ1) is 12.2. The van der Waals surface area contributed by atoms with Crippen molar-refractivity contribution in [3.63, 3.8) is 0 Å². The summed E-state index contributed by atoms with van der Waals surface area (Å²) in [4.78, 5) is 8.80. The molecule has 102 valence electrons. The van der Waals surface area contributed by atoms with Crippen LogP contribution in [-0.4, -0.2) is 38.2 Å². The van der Waals surface area contributed by atoms with Crippen molar-refractivity contribution in [1.82, 2.24) is 14.4 Å². The van der Waals surface area contributed by atoms with Gasteiger partial charge in [0.05, 0.1) is 11.8 Å². The Morgan fingerprint density at radius 2 is 2.26 bits per heavy atom. The van der Waals surface area contributed by atoms with E-state index in [4.69, 9.17) is 0 Å². The van der Waals surface area contributed by atoms with Crippen LogP contribution in [0.25, 0.3) is 5.65 Å². The number of hydrogen-bond acceptors (Lipinski definition) is 5. The molecule has 1 saturated carbocycles. The van der Waals surface area contributed by atoms with Gasteiger partial charge in [-0.25, -0.2) is 9.97 Å². The Bertz CT molecular complexity index is 575. The van der Waals surface area contributed by atoms with Crippen molar-refractivity contribution < 1.29 is 5.11 Å². The van der Waals surface area contributed by atoms with Crippen molar-refractivity contribution in [2.24, 2.45) is 0 Å². The second-order valence-electron chi connectivity index (χ2n) is 5.09. The maximum Gasteiger partial charge on any atom is 0.180 e. The van der Waals surface area contributed by atoms with Crippen LogP contribution in [0.3, 0.4) is 0 Å². The number of hydrogen-bond donors (Lipinski definition) is 3. The van der Waals surface area contributed by atoms with E-state index in [1.54, 1.807) is 6.20 Å². The molecule has 0 radical (unpaired) electrons. The lowest BCUT2D eigenvalue weighted by Crippen LogP contribution is -2.43. The van der Waals surface area contributed by atoms with Crippen LogP contribution in [-0.2, 0) is 0 Å². The topological polar surface area (TPSA) is 74.5 Å². The van der Waals surface area contributed by atoms with Gasteiger partial charge in [0.1, 0.15) is 5.82 Å². The number of nitrogens with one attached hydrogen (secondary N) is 2. The lowest BCUT2D eigenvalue weighted by atomic mass is 9.80. The number of aromatic nitrogens is 3. The number of fused-ring (bicyclic) bond motifs is 1. The minimum Gasteiger partial charge on any atom is -0.388 e. The van der Waals surface area contributed by atoms with Crippen LogP contribution in [0.4, 0.5) is 11.6 Å². The Kier molecular flexibility index (Phi) is 3.02. The normalized spacial score (nSPS) is 17.2. The number of rotatable bonds is 5. The quantitative estimate of drug-likeness (QED) is 0.760. The molecule has 0 bridgehead atoms. The highest BCUT2D eigenvalue weighted by atomic mass is 16.3. The monoisotopic (exact) mass is 261 g/mol. The zero-order chi connectivity index (χ0) is 13.3. The third-order valence-electron chi connectivity index (χ3n) is 3.60. The van der Waals surface area contributed by atoms with Crippen LogP contribution in [0, 0.1) is 0 Å². The molecule has 0 aliphatic heterocycles. The highest BCUT2D eigenvalue weighted by molar-refractivity contribution is 5.65. The fraction of sp³-hybridized carbons (Fsp3) is 0.538. The van der Waals surface area contributed by atoms with Crippen molar-refractivity contribution in [2.45, 2.75) is 31.8 Å². The van der Waals surface area contributed by atoms with Gasteiger partial charge in [0.15, 0.2) is 11.5 Å². The van der Waals surface area contributed by atoms with Crippen LogP contribution in [0.15, 0.2) is 18.6 Å². The molecule has 6 nitrogen and oxygen atoms in total. The van der Waals surface area contributed by atoms with E-state index in [0.29, 0.717) is 12.4 Å². The zero-order valence-corrected chi connectivity index (χ0v) is 11.1. The Balaban J connectivity index is 1.85. The molecule has 0 amide bonds. The Morgan fingerprint density at radius 1 is 1.42 bits per heavy atom. The Hall–Kier alpha value is -1.82. The van der Waals surface area contributed by atoms with Crippen molar-refractivity contribution in [2.75, 3.05) is 23.7 Å². The van der Waals surface area contributed by atoms with Gasteiger partial charge in [0.25, 0.3) is 0 Å². The molecule has 1 fully saturated rings. The van der Waals surface area contributed by atoms with Gasteiger partial charge in [0, 0.05) is 25.5 Å². The van der Waals surface area contributed by atoms with E-state index in [1.165, 1.54) is 0 Å². The van der Waals surface area contributed by atoms with Crippen molar-refractivity contribution in [1.29, 1.82) is 0 Å². The van der Waals surface area contributed by atoms with Gasteiger partial charge in [-0.2, -0.15) is 0 Å². The summed E-state index contributed by atoms with van der Waals surface area (Å²) in [5.41, 5.74) is 0.212. The predicted octanol–water partition coefficient (Wildman–Crippen LogP) is 1.49. The van der Waals surface area contributed by atoms with E-state index >= 15 is 0 Å². The van der Waals surface area contributed by atoms with Crippen LogP contribution in [0.2, 0.25) is 0 Å². The summed E-state index contributed by atoms with van der Waals surface area (Å²) in [5.74, 6) is 1.51. The van der Waals surface area contributed by atoms with Gasteiger partial charge >= 0.3 is 0 Å². The molecule has 6 heteroatoms. The molecule has 0 saturated heterocycles. The number of imidazole rings is 1. The van der Waals surface area contributed by atoms with Gasteiger partial charge in [-0.3, -0.25) is 0 Å². The molecule has 0 spiro atoms. The summed E-state index contributed by atoms with van der Waals surface area (Å²) in [7, 11) is 0. The molecule has 19 heavy (non-hydrogen) atoms. The molecule has 0 unspecified atom stereocenters. The highest BCUT2D eigenvalue weighted by Gasteiger charge is 2.34. The summed E-state index contributed by atoms with van der Waals surface area (Å²) >= 11 is 0.